The van der Waals surface area contributed by atoms with Gasteiger partial charge in [-0.15, -0.1) is 0 Å². The van der Waals surface area contributed by atoms with E-state index in [9.17, 15) is 14.4 Å². The van der Waals surface area contributed by atoms with Crippen LogP contribution in [-0.4, -0.2) is 49.5 Å². The van der Waals surface area contributed by atoms with E-state index in [1.54, 1.807) is 29.0 Å². The molecule has 2 aliphatic heterocycles. The number of urea groups is 1. The lowest BCUT2D eigenvalue weighted by Crippen LogP contribution is -2.43. The second kappa shape index (κ2) is 9.72. The third-order valence-corrected chi connectivity index (χ3v) is 5.99. The minimum absolute atomic E-state index is 0.0693. The van der Waals surface area contributed by atoms with Gasteiger partial charge in [0.15, 0.2) is 0 Å². The van der Waals surface area contributed by atoms with Gasteiger partial charge in [0.25, 0.3) is 0 Å². The first-order chi connectivity index (χ1) is 15.5. The van der Waals surface area contributed by atoms with E-state index in [0.717, 1.165) is 17.8 Å². The molecule has 2 aromatic rings. The van der Waals surface area contributed by atoms with Crippen molar-refractivity contribution in [2.75, 3.05) is 42.3 Å². The quantitative estimate of drug-likeness (QED) is 0.748. The fraction of sp³-hybridized carbons (Fsp3) is 0.375. The third kappa shape index (κ3) is 4.85. The minimum Gasteiger partial charge on any atom is -0.494 e. The van der Waals surface area contributed by atoms with E-state index in [1.165, 1.54) is 0 Å². The third-order valence-electron chi connectivity index (χ3n) is 5.99. The average molecular weight is 437 g/mol. The van der Waals surface area contributed by atoms with Gasteiger partial charge in [0.1, 0.15) is 5.75 Å². The molecule has 168 valence electrons. The van der Waals surface area contributed by atoms with Crippen molar-refractivity contribution in [3.05, 3.63) is 48.5 Å². The lowest BCUT2D eigenvalue weighted by molar-refractivity contribution is -0.121. The number of hydrogen-bond acceptors (Lipinski definition) is 4. The van der Waals surface area contributed by atoms with Gasteiger partial charge < -0.3 is 25.2 Å². The number of nitrogens with one attached hydrogen (secondary N) is 2. The Morgan fingerprint density at radius 3 is 2.38 bits per heavy atom. The highest BCUT2D eigenvalue weighted by molar-refractivity contribution is 5.98. The Bertz CT molecular complexity index is 987. The first-order valence-corrected chi connectivity index (χ1v) is 11.0. The van der Waals surface area contributed by atoms with E-state index in [4.69, 9.17) is 4.74 Å². The van der Waals surface area contributed by atoms with Gasteiger partial charge in [0.05, 0.1) is 12.8 Å². The van der Waals surface area contributed by atoms with Crippen LogP contribution in [0.5, 0.6) is 5.75 Å². The molecule has 0 radical (unpaired) electrons. The summed E-state index contributed by atoms with van der Waals surface area (Å²) in [7, 11) is 1.56. The topological polar surface area (TPSA) is 91.0 Å². The Kier molecular flexibility index (Phi) is 6.58. The smallest absolute Gasteiger partial charge is 0.321 e. The largest absolute Gasteiger partial charge is 0.494 e. The molecule has 4 amide bonds. The summed E-state index contributed by atoms with van der Waals surface area (Å²) in [4.78, 5) is 40.8. The van der Waals surface area contributed by atoms with Gasteiger partial charge in [-0.3, -0.25) is 9.59 Å². The highest BCUT2D eigenvalue weighted by Crippen LogP contribution is 2.34. The number of nitrogens with zero attached hydrogens (tertiary/aromatic N) is 2. The number of rotatable bonds is 5. The molecule has 2 aromatic carbocycles. The molecule has 2 heterocycles. The Morgan fingerprint density at radius 1 is 0.969 bits per heavy atom. The number of ether oxygens (including phenoxy) is 1. The molecule has 8 nitrogen and oxygen atoms in total. The van der Waals surface area contributed by atoms with E-state index >= 15 is 0 Å². The van der Waals surface area contributed by atoms with Crippen LogP contribution in [0.25, 0.3) is 0 Å². The number of piperidine rings is 1. The number of hydrogen-bond donors (Lipinski definition) is 2. The molecule has 0 aliphatic carbocycles. The van der Waals surface area contributed by atoms with E-state index in [2.05, 4.69) is 10.6 Å². The van der Waals surface area contributed by atoms with Crippen molar-refractivity contribution < 1.29 is 19.1 Å². The molecule has 0 unspecified atom stereocenters. The summed E-state index contributed by atoms with van der Waals surface area (Å²) in [5.74, 6) is 0.412. The molecular formula is C24H28N4O4. The number of carbonyl (C=O) groups is 3. The standard InChI is InChI=1S/C24H28N4O4/c1-32-21-16-19(9-10-20(21)28-13-5-8-22(28)29)25-23(30)17-11-14-27(15-12-17)24(31)26-18-6-3-2-4-7-18/h2-4,6-7,9-10,16-17H,5,8,11-15H2,1H3,(H,25,30)(H,26,31). The molecule has 0 bridgehead atoms. The summed E-state index contributed by atoms with van der Waals surface area (Å²) in [6, 6.07) is 14.5. The van der Waals surface area contributed by atoms with Gasteiger partial charge in [0, 0.05) is 49.4 Å². The highest BCUT2D eigenvalue weighted by Gasteiger charge is 2.28. The number of benzene rings is 2. The van der Waals surface area contributed by atoms with Gasteiger partial charge in [-0.05, 0) is 43.5 Å². The van der Waals surface area contributed by atoms with Crippen molar-refractivity contribution in [2.24, 2.45) is 5.92 Å². The zero-order chi connectivity index (χ0) is 22.5. The molecule has 2 N–H and O–H groups in total. The zero-order valence-corrected chi connectivity index (χ0v) is 18.2. The lowest BCUT2D eigenvalue weighted by Gasteiger charge is -2.31. The number of methoxy groups -OCH3 is 1. The molecule has 0 aromatic heterocycles. The van der Waals surface area contributed by atoms with Crippen LogP contribution in [0.15, 0.2) is 48.5 Å². The van der Waals surface area contributed by atoms with Crippen molar-refractivity contribution in [1.82, 2.24) is 4.90 Å². The van der Waals surface area contributed by atoms with Crippen LogP contribution in [0, 0.1) is 5.92 Å². The van der Waals surface area contributed by atoms with Crippen LogP contribution in [0.4, 0.5) is 21.9 Å². The molecule has 0 atom stereocenters. The number of carbonyl (C=O) groups excluding carboxylic acids is 3. The fourth-order valence-corrected chi connectivity index (χ4v) is 4.19. The number of anilines is 3. The lowest BCUT2D eigenvalue weighted by atomic mass is 9.96. The molecule has 2 aliphatic rings. The summed E-state index contributed by atoms with van der Waals surface area (Å²) in [6.45, 7) is 1.73. The number of likely N-dealkylation sites (tertiary alicyclic amines) is 1. The summed E-state index contributed by atoms with van der Waals surface area (Å²) in [5, 5.41) is 5.84. The van der Waals surface area contributed by atoms with Crippen LogP contribution >= 0.6 is 0 Å². The summed E-state index contributed by atoms with van der Waals surface area (Å²) in [6.07, 6.45) is 2.59. The fourth-order valence-electron chi connectivity index (χ4n) is 4.19. The predicted molar refractivity (Wildman–Crippen MR) is 123 cm³/mol. The van der Waals surface area contributed by atoms with Crippen LogP contribution < -0.4 is 20.3 Å². The molecule has 2 fully saturated rings. The van der Waals surface area contributed by atoms with Gasteiger partial charge >= 0.3 is 6.03 Å². The molecule has 4 rings (SSSR count). The van der Waals surface area contributed by atoms with Crippen LogP contribution in [0.1, 0.15) is 25.7 Å². The maximum atomic E-state index is 12.8. The van der Waals surface area contributed by atoms with Crippen molar-refractivity contribution in [3.63, 3.8) is 0 Å². The van der Waals surface area contributed by atoms with E-state index in [0.29, 0.717) is 50.3 Å². The molecule has 0 saturated carbocycles. The highest BCUT2D eigenvalue weighted by atomic mass is 16.5. The average Bonchev–Trinajstić information content (AvgIpc) is 3.25. The second-order valence-corrected chi connectivity index (χ2v) is 8.08. The van der Waals surface area contributed by atoms with Crippen molar-refractivity contribution in [2.45, 2.75) is 25.7 Å². The molecule has 32 heavy (non-hydrogen) atoms. The van der Waals surface area contributed by atoms with Gasteiger partial charge in [-0.1, -0.05) is 18.2 Å². The van der Waals surface area contributed by atoms with Crippen molar-refractivity contribution in [1.29, 1.82) is 0 Å². The summed E-state index contributed by atoms with van der Waals surface area (Å²) >= 11 is 0. The Balaban J connectivity index is 1.32. The minimum atomic E-state index is -0.165. The monoisotopic (exact) mass is 436 g/mol. The van der Waals surface area contributed by atoms with Crippen molar-refractivity contribution in [3.8, 4) is 5.75 Å². The van der Waals surface area contributed by atoms with E-state index in [-0.39, 0.29) is 23.8 Å². The molecule has 0 spiro atoms. The maximum Gasteiger partial charge on any atom is 0.321 e. The second-order valence-electron chi connectivity index (χ2n) is 8.08. The Hall–Kier alpha value is -3.55. The van der Waals surface area contributed by atoms with Crippen LogP contribution in [0.3, 0.4) is 0 Å². The SMILES string of the molecule is COc1cc(NC(=O)C2CCN(C(=O)Nc3ccccc3)CC2)ccc1N1CCCC1=O. The summed E-state index contributed by atoms with van der Waals surface area (Å²) in [5.41, 5.74) is 2.11. The Labute approximate surface area is 187 Å². The zero-order valence-electron chi connectivity index (χ0n) is 18.2. The van der Waals surface area contributed by atoms with Crippen LogP contribution in [-0.2, 0) is 9.59 Å². The molecule has 8 heteroatoms. The number of para-hydroxylation sites is 1. The van der Waals surface area contributed by atoms with E-state index in [1.807, 2.05) is 36.4 Å². The predicted octanol–water partition coefficient (Wildman–Crippen LogP) is 3.70. The normalized spacial score (nSPS) is 16.7. The summed E-state index contributed by atoms with van der Waals surface area (Å²) < 4.78 is 5.47. The first kappa shape index (κ1) is 21.7. The first-order valence-electron chi connectivity index (χ1n) is 11.0. The van der Waals surface area contributed by atoms with Crippen molar-refractivity contribution >= 4 is 34.9 Å². The number of amides is 4. The molecular weight excluding hydrogens is 408 g/mol. The Morgan fingerprint density at radius 2 is 1.72 bits per heavy atom. The van der Waals surface area contributed by atoms with Crippen LogP contribution in [0.2, 0.25) is 0 Å². The van der Waals surface area contributed by atoms with Gasteiger partial charge in [0.2, 0.25) is 11.8 Å². The van der Waals surface area contributed by atoms with Gasteiger partial charge in [-0.2, -0.15) is 0 Å². The van der Waals surface area contributed by atoms with Gasteiger partial charge in [-0.25, -0.2) is 4.79 Å². The maximum absolute atomic E-state index is 12.8. The molecule has 2 saturated heterocycles. The van der Waals surface area contributed by atoms with E-state index < -0.39 is 0 Å².